The average Bonchev–Trinajstić information content (AvgIpc) is 2.92. The summed E-state index contributed by atoms with van der Waals surface area (Å²) in [5.41, 5.74) is 1.16. The van der Waals surface area contributed by atoms with Gasteiger partial charge in [-0.15, -0.1) is 0 Å². The first kappa shape index (κ1) is 17.3. The number of carbonyl (C=O) groups excluding carboxylic acids is 1. The Balaban J connectivity index is 1.52. The molecule has 2 bridgehead atoms. The van der Waals surface area contributed by atoms with Crippen molar-refractivity contribution in [1.29, 1.82) is 0 Å². The maximum atomic E-state index is 12.4. The molecule has 142 valence electrons. The third-order valence-electron chi connectivity index (χ3n) is 5.58. The van der Waals surface area contributed by atoms with Crippen LogP contribution in [0.2, 0.25) is 0 Å². The molecule has 0 unspecified atom stereocenters. The number of rotatable bonds is 3. The van der Waals surface area contributed by atoms with Crippen molar-refractivity contribution < 1.29 is 19.0 Å². The van der Waals surface area contributed by atoms with Gasteiger partial charge in [0, 0.05) is 46.3 Å². The molecule has 0 aliphatic carbocycles. The predicted octanol–water partition coefficient (Wildman–Crippen LogP) is 2.00. The van der Waals surface area contributed by atoms with Gasteiger partial charge in [0.25, 0.3) is 0 Å². The smallest absolute Gasteiger partial charge is 0.319 e. The van der Waals surface area contributed by atoms with E-state index in [1.165, 1.54) is 6.42 Å². The SMILES string of the molecule is COc1cc(CN2C[C@@H]3CC[C@H]2CN(C(=O)N(C)C)C3)cc2c1OCO2. The summed E-state index contributed by atoms with van der Waals surface area (Å²) < 4.78 is 16.5. The van der Waals surface area contributed by atoms with E-state index in [9.17, 15) is 4.79 Å². The number of benzene rings is 1. The lowest BCUT2D eigenvalue weighted by atomic mass is 9.94. The molecule has 1 aromatic rings. The molecule has 0 aromatic heterocycles. The molecule has 1 aromatic carbocycles. The van der Waals surface area contributed by atoms with Crippen LogP contribution >= 0.6 is 0 Å². The van der Waals surface area contributed by atoms with Crippen molar-refractivity contribution in [2.45, 2.75) is 25.4 Å². The van der Waals surface area contributed by atoms with E-state index >= 15 is 0 Å². The molecule has 5 rings (SSSR count). The number of amides is 2. The molecule has 2 amide bonds. The molecule has 0 spiro atoms. The van der Waals surface area contributed by atoms with Gasteiger partial charge in [0.2, 0.25) is 12.5 Å². The summed E-state index contributed by atoms with van der Waals surface area (Å²) in [6.45, 7) is 3.76. The fraction of sp³-hybridized carbons (Fsp3) is 0.632. The molecule has 0 saturated carbocycles. The zero-order valence-electron chi connectivity index (χ0n) is 15.7. The van der Waals surface area contributed by atoms with Gasteiger partial charge in [-0.05, 0) is 36.5 Å². The van der Waals surface area contributed by atoms with Gasteiger partial charge in [0.15, 0.2) is 11.5 Å². The van der Waals surface area contributed by atoms with E-state index in [1.54, 1.807) is 12.0 Å². The molecular formula is C19H27N3O4. The van der Waals surface area contributed by atoms with Crippen LogP contribution in [-0.2, 0) is 6.54 Å². The summed E-state index contributed by atoms with van der Waals surface area (Å²) >= 11 is 0. The molecule has 0 N–H and O–H groups in total. The number of hydrogen-bond acceptors (Lipinski definition) is 5. The molecule has 3 saturated heterocycles. The standard InChI is InChI=1S/C19H27N3O4/c1-20(2)19(23)22-9-13-4-5-15(11-22)21(8-13)10-14-6-16(24-3)18-17(7-14)25-12-26-18/h6-7,13,15H,4-5,8-12H2,1-3H3/t13-,15-/m0/s1. The first-order valence-corrected chi connectivity index (χ1v) is 9.22. The third kappa shape index (κ3) is 3.16. The van der Waals surface area contributed by atoms with Crippen LogP contribution < -0.4 is 14.2 Å². The molecule has 2 atom stereocenters. The van der Waals surface area contributed by atoms with E-state index in [0.29, 0.717) is 17.7 Å². The topological polar surface area (TPSA) is 54.5 Å². The van der Waals surface area contributed by atoms with Gasteiger partial charge in [-0.2, -0.15) is 0 Å². The Hall–Kier alpha value is -2.15. The minimum Gasteiger partial charge on any atom is -0.493 e. The van der Waals surface area contributed by atoms with Crippen molar-refractivity contribution in [2.75, 3.05) is 47.6 Å². The Morgan fingerprint density at radius 1 is 1.23 bits per heavy atom. The van der Waals surface area contributed by atoms with E-state index in [1.807, 2.05) is 31.1 Å². The van der Waals surface area contributed by atoms with Crippen LogP contribution in [0.25, 0.3) is 0 Å². The number of nitrogens with zero attached hydrogens (tertiary/aromatic N) is 3. The van der Waals surface area contributed by atoms with Gasteiger partial charge < -0.3 is 24.0 Å². The largest absolute Gasteiger partial charge is 0.493 e. The Morgan fingerprint density at radius 2 is 2.08 bits per heavy atom. The molecular weight excluding hydrogens is 334 g/mol. The van der Waals surface area contributed by atoms with Crippen molar-refractivity contribution in [3.05, 3.63) is 17.7 Å². The molecule has 4 aliphatic heterocycles. The van der Waals surface area contributed by atoms with Gasteiger partial charge in [0.1, 0.15) is 0 Å². The summed E-state index contributed by atoms with van der Waals surface area (Å²) in [4.78, 5) is 18.6. The molecule has 0 radical (unpaired) electrons. The number of ether oxygens (including phenoxy) is 3. The highest BCUT2D eigenvalue weighted by atomic mass is 16.7. The number of piperidine rings is 1. The van der Waals surface area contributed by atoms with Crippen LogP contribution in [-0.4, -0.2) is 74.4 Å². The van der Waals surface area contributed by atoms with Crippen molar-refractivity contribution in [3.63, 3.8) is 0 Å². The average molecular weight is 361 g/mol. The number of hydrogen-bond donors (Lipinski definition) is 0. The van der Waals surface area contributed by atoms with Crippen molar-refractivity contribution in [3.8, 4) is 17.2 Å². The van der Waals surface area contributed by atoms with Gasteiger partial charge >= 0.3 is 6.03 Å². The quantitative estimate of drug-likeness (QED) is 0.824. The van der Waals surface area contributed by atoms with E-state index in [-0.39, 0.29) is 12.8 Å². The highest BCUT2D eigenvalue weighted by molar-refractivity contribution is 5.74. The lowest BCUT2D eigenvalue weighted by Crippen LogP contribution is -2.45. The number of fused-ring (bicyclic) bond motifs is 5. The van der Waals surface area contributed by atoms with Gasteiger partial charge in [-0.25, -0.2) is 4.79 Å². The molecule has 7 nitrogen and oxygen atoms in total. The minimum absolute atomic E-state index is 0.119. The maximum absolute atomic E-state index is 12.4. The van der Waals surface area contributed by atoms with E-state index in [4.69, 9.17) is 14.2 Å². The fourth-order valence-electron chi connectivity index (χ4n) is 4.32. The first-order valence-electron chi connectivity index (χ1n) is 9.22. The van der Waals surface area contributed by atoms with Crippen molar-refractivity contribution >= 4 is 6.03 Å². The van der Waals surface area contributed by atoms with Crippen LogP contribution in [0.15, 0.2) is 12.1 Å². The third-order valence-corrected chi connectivity index (χ3v) is 5.58. The summed E-state index contributed by atoms with van der Waals surface area (Å²) in [5.74, 6) is 2.70. The molecule has 7 heteroatoms. The Bertz CT molecular complexity index is 694. The van der Waals surface area contributed by atoms with E-state index in [0.717, 1.165) is 49.7 Å². The molecule has 4 heterocycles. The summed E-state index contributed by atoms with van der Waals surface area (Å²) in [6.07, 6.45) is 2.34. The Morgan fingerprint density at radius 3 is 2.85 bits per heavy atom. The number of carbonyl (C=O) groups is 1. The number of urea groups is 1. The Labute approximate surface area is 154 Å². The monoisotopic (exact) mass is 361 g/mol. The van der Waals surface area contributed by atoms with Gasteiger partial charge in [-0.3, -0.25) is 4.90 Å². The van der Waals surface area contributed by atoms with Crippen molar-refractivity contribution in [1.82, 2.24) is 14.7 Å². The summed E-state index contributed by atoms with van der Waals surface area (Å²) in [5, 5.41) is 0. The lowest BCUT2D eigenvalue weighted by molar-refractivity contribution is 0.122. The first-order chi connectivity index (χ1) is 12.5. The summed E-state index contributed by atoms with van der Waals surface area (Å²) in [6, 6.07) is 4.60. The lowest BCUT2D eigenvalue weighted by Gasteiger charge is -2.36. The van der Waals surface area contributed by atoms with E-state index in [2.05, 4.69) is 4.90 Å². The second-order valence-electron chi connectivity index (χ2n) is 7.64. The predicted molar refractivity (Wildman–Crippen MR) is 96.7 cm³/mol. The second-order valence-corrected chi connectivity index (χ2v) is 7.64. The second kappa shape index (κ2) is 6.87. The minimum atomic E-state index is 0.119. The van der Waals surface area contributed by atoms with Crippen LogP contribution in [0.3, 0.4) is 0 Å². The van der Waals surface area contributed by atoms with Gasteiger partial charge in [-0.1, -0.05) is 0 Å². The molecule has 3 fully saturated rings. The fourth-order valence-corrected chi connectivity index (χ4v) is 4.32. The molecule has 4 aliphatic rings. The van der Waals surface area contributed by atoms with Crippen molar-refractivity contribution in [2.24, 2.45) is 5.92 Å². The number of methoxy groups -OCH3 is 1. The Kier molecular flexibility index (Phi) is 4.56. The van der Waals surface area contributed by atoms with Gasteiger partial charge in [0.05, 0.1) is 7.11 Å². The highest BCUT2D eigenvalue weighted by Gasteiger charge is 2.37. The highest BCUT2D eigenvalue weighted by Crippen LogP contribution is 2.42. The maximum Gasteiger partial charge on any atom is 0.319 e. The van der Waals surface area contributed by atoms with Crippen LogP contribution in [0, 0.1) is 5.92 Å². The van der Waals surface area contributed by atoms with Crippen LogP contribution in [0.1, 0.15) is 18.4 Å². The zero-order chi connectivity index (χ0) is 18.3. The van der Waals surface area contributed by atoms with Crippen LogP contribution in [0.5, 0.6) is 17.2 Å². The molecule has 26 heavy (non-hydrogen) atoms. The summed E-state index contributed by atoms with van der Waals surface area (Å²) in [7, 11) is 5.30. The normalized spacial score (nSPS) is 24.5. The van der Waals surface area contributed by atoms with E-state index < -0.39 is 0 Å². The van der Waals surface area contributed by atoms with Crippen LogP contribution in [0.4, 0.5) is 4.79 Å². The zero-order valence-corrected chi connectivity index (χ0v) is 15.7.